The third-order valence-electron chi connectivity index (χ3n) is 3.98. The molecule has 1 aliphatic heterocycles. The Hall–Kier alpha value is -2.89. The van der Waals surface area contributed by atoms with Crippen molar-refractivity contribution < 1.29 is 13.7 Å². The summed E-state index contributed by atoms with van der Waals surface area (Å²) in [5, 5.41) is 4.00. The van der Waals surface area contributed by atoms with Gasteiger partial charge in [-0.1, -0.05) is 12.1 Å². The highest BCUT2D eigenvalue weighted by atomic mass is 16.5. The van der Waals surface area contributed by atoms with Crippen molar-refractivity contribution in [3.63, 3.8) is 0 Å². The lowest BCUT2D eigenvalue weighted by molar-refractivity contribution is 0.0963. The molecule has 1 amide bonds. The molecule has 0 saturated carbocycles. The SMILES string of the molecule is CCc1nc(-c2ccc3c(c2)CCN3C(=O)c2ccco2)no1. The van der Waals surface area contributed by atoms with E-state index in [1.165, 1.54) is 6.26 Å². The summed E-state index contributed by atoms with van der Waals surface area (Å²) in [4.78, 5) is 18.5. The number of furan rings is 1. The molecular weight excluding hydrogens is 294 g/mol. The molecule has 1 aromatic carbocycles. The van der Waals surface area contributed by atoms with Gasteiger partial charge >= 0.3 is 0 Å². The average Bonchev–Trinajstić information content (AvgIpc) is 3.32. The molecule has 4 rings (SSSR count). The largest absolute Gasteiger partial charge is 0.459 e. The molecule has 0 bridgehead atoms. The van der Waals surface area contributed by atoms with E-state index in [9.17, 15) is 4.79 Å². The molecule has 0 atom stereocenters. The van der Waals surface area contributed by atoms with E-state index in [1.54, 1.807) is 17.0 Å². The van der Waals surface area contributed by atoms with Gasteiger partial charge in [0.05, 0.1) is 6.26 Å². The molecule has 6 nitrogen and oxygen atoms in total. The minimum atomic E-state index is -0.116. The molecule has 0 unspecified atom stereocenters. The lowest BCUT2D eigenvalue weighted by atomic mass is 10.1. The normalized spacial score (nSPS) is 13.3. The van der Waals surface area contributed by atoms with Gasteiger partial charge in [-0.25, -0.2) is 0 Å². The molecule has 3 aromatic rings. The Morgan fingerprint density at radius 2 is 2.26 bits per heavy atom. The number of carbonyl (C=O) groups is 1. The van der Waals surface area contributed by atoms with Gasteiger partial charge in [0.1, 0.15) is 0 Å². The number of nitrogens with zero attached hydrogens (tertiary/aromatic N) is 3. The topological polar surface area (TPSA) is 72.4 Å². The number of carbonyl (C=O) groups excluding carboxylic acids is 1. The Morgan fingerprint density at radius 1 is 1.35 bits per heavy atom. The van der Waals surface area contributed by atoms with Gasteiger partial charge in [0.2, 0.25) is 11.7 Å². The molecular formula is C17H15N3O3. The minimum Gasteiger partial charge on any atom is -0.459 e. The third kappa shape index (κ3) is 2.32. The van der Waals surface area contributed by atoms with Gasteiger partial charge in [-0.3, -0.25) is 4.79 Å². The van der Waals surface area contributed by atoms with Gasteiger partial charge in [0.15, 0.2) is 5.76 Å². The van der Waals surface area contributed by atoms with Crippen LogP contribution in [0.2, 0.25) is 0 Å². The van der Waals surface area contributed by atoms with E-state index >= 15 is 0 Å². The summed E-state index contributed by atoms with van der Waals surface area (Å²) in [6, 6.07) is 9.27. The number of rotatable bonds is 3. The van der Waals surface area contributed by atoms with E-state index < -0.39 is 0 Å². The second-order valence-corrected chi connectivity index (χ2v) is 5.39. The summed E-state index contributed by atoms with van der Waals surface area (Å²) in [6.07, 6.45) is 3.02. The molecule has 2 aromatic heterocycles. The maximum Gasteiger partial charge on any atom is 0.293 e. The number of aromatic nitrogens is 2. The minimum absolute atomic E-state index is 0.116. The van der Waals surface area contributed by atoms with Crippen LogP contribution >= 0.6 is 0 Å². The van der Waals surface area contributed by atoms with Crippen molar-refractivity contribution in [2.45, 2.75) is 19.8 Å². The molecule has 23 heavy (non-hydrogen) atoms. The van der Waals surface area contributed by atoms with Crippen LogP contribution < -0.4 is 4.90 Å². The van der Waals surface area contributed by atoms with Crippen molar-refractivity contribution in [3.05, 3.63) is 53.8 Å². The van der Waals surface area contributed by atoms with Crippen LogP contribution in [0, 0.1) is 0 Å². The summed E-state index contributed by atoms with van der Waals surface area (Å²) in [6.45, 7) is 2.61. The summed E-state index contributed by atoms with van der Waals surface area (Å²) in [5.74, 6) is 1.44. The van der Waals surface area contributed by atoms with Crippen molar-refractivity contribution in [2.24, 2.45) is 0 Å². The Bertz CT molecular complexity index is 852. The highest BCUT2D eigenvalue weighted by Gasteiger charge is 2.27. The van der Waals surface area contributed by atoms with Crippen LogP contribution in [-0.2, 0) is 12.8 Å². The van der Waals surface area contributed by atoms with Crippen LogP contribution in [0.3, 0.4) is 0 Å². The molecule has 0 fully saturated rings. The Balaban J connectivity index is 1.65. The van der Waals surface area contributed by atoms with E-state index in [2.05, 4.69) is 10.1 Å². The van der Waals surface area contributed by atoms with Crippen molar-refractivity contribution >= 4 is 11.6 Å². The maximum absolute atomic E-state index is 12.5. The number of hydrogen-bond donors (Lipinski definition) is 0. The van der Waals surface area contributed by atoms with Gasteiger partial charge < -0.3 is 13.8 Å². The van der Waals surface area contributed by atoms with Crippen LogP contribution in [0.4, 0.5) is 5.69 Å². The van der Waals surface area contributed by atoms with Crippen molar-refractivity contribution in [3.8, 4) is 11.4 Å². The van der Waals surface area contributed by atoms with E-state index in [1.807, 2.05) is 25.1 Å². The standard InChI is InChI=1S/C17H15N3O3/c1-2-15-18-16(19-23-15)12-5-6-13-11(10-12)7-8-20(13)17(21)14-4-3-9-22-14/h3-6,9-10H,2,7-8H2,1H3. The first kappa shape index (κ1) is 13.8. The van der Waals surface area contributed by atoms with E-state index in [0.29, 0.717) is 30.4 Å². The van der Waals surface area contributed by atoms with Gasteiger partial charge in [-0.05, 0) is 42.3 Å². The van der Waals surface area contributed by atoms with Crippen LogP contribution in [-0.4, -0.2) is 22.6 Å². The van der Waals surface area contributed by atoms with Crippen molar-refractivity contribution in [2.75, 3.05) is 11.4 Å². The monoisotopic (exact) mass is 309 g/mol. The van der Waals surface area contributed by atoms with Crippen LogP contribution in [0.1, 0.15) is 28.9 Å². The van der Waals surface area contributed by atoms with Gasteiger partial charge in [0, 0.05) is 24.2 Å². The number of hydrogen-bond acceptors (Lipinski definition) is 5. The molecule has 0 N–H and O–H groups in total. The van der Waals surface area contributed by atoms with Crippen LogP contribution in [0.5, 0.6) is 0 Å². The zero-order valence-electron chi connectivity index (χ0n) is 12.7. The fourth-order valence-corrected chi connectivity index (χ4v) is 2.80. The van der Waals surface area contributed by atoms with E-state index in [0.717, 1.165) is 23.2 Å². The number of fused-ring (bicyclic) bond motifs is 1. The number of aryl methyl sites for hydroxylation is 1. The molecule has 1 aliphatic rings. The van der Waals surface area contributed by atoms with Gasteiger partial charge in [0.25, 0.3) is 5.91 Å². The predicted molar refractivity (Wildman–Crippen MR) is 83.2 cm³/mol. The van der Waals surface area contributed by atoms with Crippen LogP contribution in [0.25, 0.3) is 11.4 Å². The first-order valence-corrected chi connectivity index (χ1v) is 7.57. The zero-order valence-corrected chi connectivity index (χ0v) is 12.7. The fraction of sp³-hybridized carbons (Fsp3) is 0.235. The van der Waals surface area contributed by atoms with Gasteiger partial charge in [-0.15, -0.1) is 0 Å². The average molecular weight is 309 g/mol. The molecule has 0 spiro atoms. The number of amides is 1. The van der Waals surface area contributed by atoms with Crippen molar-refractivity contribution in [1.82, 2.24) is 10.1 Å². The Labute approximate surface area is 132 Å². The van der Waals surface area contributed by atoms with Crippen molar-refractivity contribution in [1.29, 1.82) is 0 Å². The molecule has 3 heterocycles. The molecule has 0 aliphatic carbocycles. The smallest absolute Gasteiger partial charge is 0.293 e. The molecule has 6 heteroatoms. The zero-order chi connectivity index (χ0) is 15.8. The number of anilines is 1. The summed E-state index contributed by atoms with van der Waals surface area (Å²) >= 11 is 0. The second-order valence-electron chi connectivity index (χ2n) is 5.39. The highest BCUT2D eigenvalue weighted by Crippen LogP contribution is 2.32. The summed E-state index contributed by atoms with van der Waals surface area (Å²) in [7, 11) is 0. The van der Waals surface area contributed by atoms with E-state index in [4.69, 9.17) is 8.94 Å². The molecule has 0 saturated heterocycles. The van der Waals surface area contributed by atoms with E-state index in [-0.39, 0.29) is 5.91 Å². The Morgan fingerprint density at radius 3 is 3.00 bits per heavy atom. The summed E-state index contributed by atoms with van der Waals surface area (Å²) < 4.78 is 10.4. The molecule has 0 radical (unpaired) electrons. The predicted octanol–water partition coefficient (Wildman–Crippen LogP) is 3.09. The quantitative estimate of drug-likeness (QED) is 0.743. The number of benzene rings is 1. The van der Waals surface area contributed by atoms with Gasteiger partial charge in [-0.2, -0.15) is 4.98 Å². The lowest BCUT2D eigenvalue weighted by Gasteiger charge is -2.15. The summed E-state index contributed by atoms with van der Waals surface area (Å²) in [5.41, 5.74) is 2.92. The third-order valence-corrected chi connectivity index (χ3v) is 3.98. The highest BCUT2D eigenvalue weighted by molar-refractivity contribution is 6.05. The second kappa shape index (κ2) is 5.39. The Kier molecular flexibility index (Phi) is 3.22. The fourth-order valence-electron chi connectivity index (χ4n) is 2.80. The molecule has 116 valence electrons. The first-order chi connectivity index (χ1) is 11.3. The lowest BCUT2D eigenvalue weighted by Crippen LogP contribution is -2.28. The van der Waals surface area contributed by atoms with Crippen LogP contribution in [0.15, 0.2) is 45.5 Å². The maximum atomic E-state index is 12.5. The first-order valence-electron chi connectivity index (χ1n) is 7.57.